The number of aromatic nitrogens is 4. The molecule has 3 aromatic rings. The Bertz CT molecular complexity index is 1020. The summed E-state index contributed by atoms with van der Waals surface area (Å²) in [5.41, 5.74) is 7.89. The summed E-state index contributed by atoms with van der Waals surface area (Å²) < 4.78 is 7.16. The Balaban J connectivity index is 1.81. The van der Waals surface area contributed by atoms with Crippen LogP contribution in [-0.4, -0.2) is 44.5 Å². The van der Waals surface area contributed by atoms with Crippen molar-refractivity contribution in [2.45, 2.75) is 31.5 Å². The number of fused-ring (bicyclic) bond motifs is 1. The van der Waals surface area contributed by atoms with E-state index < -0.39 is 12.0 Å². The number of ether oxygens (including phenoxy) is 1. The Hall–Kier alpha value is -2.66. The number of amides is 1. The van der Waals surface area contributed by atoms with Crippen LogP contribution in [0.3, 0.4) is 0 Å². The van der Waals surface area contributed by atoms with E-state index in [0.29, 0.717) is 16.7 Å². The Labute approximate surface area is 169 Å². The van der Waals surface area contributed by atoms with Crippen molar-refractivity contribution < 1.29 is 14.3 Å². The monoisotopic (exact) mass is 420 g/mol. The Morgan fingerprint density at radius 3 is 2.89 bits per heavy atom. The van der Waals surface area contributed by atoms with Crippen LogP contribution in [0.4, 0.5) is 11.1 Å². The summed E-state index contributed by atoms with van der Waals surface area (Å²) in [6.45, 7) is 3.87. The summed E-state index contributed by atoms with van der Waals surface area (Å²) in [6.07, 6.45) is 0.462. The van der Waals surface area contributed by atoms with Gasteiger partial charge in [-0.05, 0) is 31.0 Å². The van der Waals surface area contributed by atoms with E-state index in [1.807, 2.05) is 32.0 Å². The zero-order valence-electron chi connectivity index (χ0n) is 15.6. The summed E-state index contributed by atoms with van der Waals surface area (Å²) in [7, 11) is 1.31. The number of benzene rings is 1. The number of rotatable bonds is 7. The highest BCUT2D eigenvalue weighted by Gasteiger charge is 2.26. The number of methoxy groups -OCH3 is 1. The second-order valence-electron chi connectivity index (χ2n) is 5.98. The summed E-state index contributed by atoms with van der Waals surface area (Å²) in [4.78, 5) is 28.8. The minimum atomic E-state index is -0.635. The number of nitrogens with one attached hydrogen (secondary N) is 1. The van der Waals surface area contributed by atoms with Crippen molar-refractivity contribution in [3.05, 3.63) is 23.8 Å². The van der Waals surface area contributed by atoms with Crippen molar-refractivity contribution in [3.8, 4) is 0 Å². The number of esters is 1. The maximum Gasteiger partial charge on any atom is 0.316 e. The van der Waals surface area contributed by atoms with Crippen LogP contribution in [0.1, 0.15) is 24.9 Å². The minimum Gasteiger partial charge on any atom is -0.468 e. The fourth-order valence-corrected chi connectivity index (χ4v) is 4.41. The standard InChI is InChI=1S/C17H20N6O3S2/c1-4-11(23-15(18)21-22-17(23)27-8-13(24)26-3)14(25)20-16-19-10-6-5-9(2)7-12(10)28-16/h5-7,11H,4,8H2,1-3H3,(H2,18,21)(H,19,20,25). The number of hydrogen-bond donors (Lipinski definition) is 2. The zero-order chi connectivity index (χ0) is 20.3. The Morgan fingerprint density at radius 1 is 1.39 bits per heavy atom. The van der Waals surface area contributed by atoms with Crippen molar-refractivity contribution in [2.75, 3.05) is 23.9 Å². The van der Waals surface area contributed by atoms with Crippen molar-refractivity contribution >= 4 is 56.3 Å². The summed E-state index contributed by atoms with van der Waals surface area (Å²) in [6, 6.07) is 5.29. The molecule has 11 heteroatoms. The highest BCUT2D eigenvalue weighted by atomic mass is 32.2. The molecule has 0 aliphatic carbocycles. The van der Waals surface area contributed by atoms with Gasteiger partial charge in [-0.25, -0.2) is 4.98 Å². The minimum absolute atomic E-state index is 0.0455. The van der Waals surface area contributed by atoms with E-state index in [2.05, 4.69) is 25.2 Å². The molecule has 0 saturated heterocycles. The lowest BCUT2D eigenvalue weighted by Gasteiger charge is -2.18. The molecule has 0 fully saturated rings. The third-order valence-electron chi connectivity index (χ3n) is 4.01. The molecule has 2 aromatic heterocycles. The van der Waals surface area contributed by atoms with E-state index in [-0.39, 0.29) is 17.6 Å². The fourth-order valence-electron chi connectivity index (χ4n) is 2.62. The summed E-state index contributed by atoms with van der Waals surface area (Å²) in [5, 5.41) is 11.6. The molecule has 0 saturated carbocycles. The first-order chi connectivity index (χ1) is 13.4. The van der Waals surface area contributed by atoms with Gasteiger partial charge >= 0.3 is 5.97 Å². The number of nitrogens with two attached hydrogens (primary N) is 1. The van der Waals surface area contributed by atoms with Crippen LogP contribution in [0.25, 0.3) is 10.2 Å². The molecule has 0 aliphatic rings. The molecule has 1 aromatic carbocycles. The Kier molecular flexibility index (Phi) is 6.15. The first-order valence-electron chi connectivity index (χ1n) is 8.51. The molecule has 0 radical (unpaired) electrons. The lowest BCUT2D eigenvalue weighted by atomic mass is 10.2. The molecule has 2 heterocycles. The predicted molar refractivity (Wildman–Crippen MR) is 109 cm³/mol. The van der Waals surface area contributed by atoms with Crippen LogP contribution in [-0.2, 0) is 14.3 Å². The van der Waals surface area contributed by atoms with Gasteiger partial charge in [-0.2, -0.15) is 0 Å². The van der Waals surface area contributed by atoms with Crippen LogP contribution in [0, 0.1) is 6.92 Å². The maximum absolute atomic E-state index is 12.9. The topological polar surface area (TPSA) is 125 Å². The van der Waals surface area contributed by atoms with Crippen molar-refractivity contribution in [1.82, 2.24) is 19.7 Å². The molecular weight excluding hydrogens is 400 g/mol. The van der Waals surface area contributed by atoms with Gasteiger partial charge in [0.15, 0.2) is 10.3 Å². The van der Waals surface area contributed by atoms with E-state index in [1.165, 1.54) is 23.0 Å². The molecular formula is C17H20N6O3S2. The molecule has 28 heavy (non-hydrogen) atoms. The molecule has 1 amide bonds. The number of thioether (sulfide) groups is 1. The average Bonchev–Trinajstić information content (AvgIpc) is 3.23. The number of aryl methyl sites for hydroxylation is 1. The first kappa shape index (κ1) is 20.1. The van der Waals surface area contributed by atoms with Gasteiger partial charge in [0.2, 0.25) is 11.9 Å². The number of carbonyl (C=O) groups is 2. The van der Waals surface area contributed by atoms with Crippen LogP contribution in [0.2, 0.25) is 0 Å². The molecule has 3 rings (SSSR count). The van der Waals surface area contributed by atoms with E-state index in [4.69, 9.17) is 5.73 Å². The van der Waals surface area contributed by atoms with Crippen molar-refractivity contribution in [2.24, 2.45) is 0 Å². The zero-order valence-corrected chi connectivity index (χ0v) is 17.3. The van der Waals surface area contributed by atoms with Crippen molar-refractivity contribution in [3.63, 3.8) is 0 Å². The molecule has 148 valence electrons. The lowest BCUT2D eigenvalue weighted by Crippen LogP contribution is -2.27. The third kappa shape index (κ3) is 4.25. The molecule has 1 atom stereocenters. The second kappa shape index (κ2) is 8.57. The number of nitrogens with zero attached hydrogens (tertiary/aromatic N) is 4. The maximum atomic E-state index is 12.9. The fraction of sp³-hybridized carbons (Fsp3) is 0.353. The van der Waals surface area contributed by atoms with E-state index in [0.717, 1.165) is 27.5 Å². The molecule has 0 bridgehead atoms. The first-order valence-corrected chi connectivity index (χ1v) is 10.3. The highest BCUT2D eigenvalue weighted by Crippen LogP contribution is 2.29. The average molecular weight is 421 g/mol. The van der Waals surface area contributed by atoms with Gasteiger partial charge in [-0.3, -0.25) is 14.2 Å². The number of thiazole rings is 1. The van der Waals surface area contributed by atoms with Gasteiger partial charge in [0.1, 0.15) is 6.04 Å². The van der Waals surface area contributed by atoms with Gasteiger partial charge in [-0.15, -0.1) is 10.2 Å². The van der Waals surface area contributed by atoms with Gasteiger partial charge in [0.05, 0.1) is 23.1 Å². The smallest absolute Gasteiger partial charge is 0.316 e. The van der Waals surface area contributed by atoms with E-state index in [9.17, 15) is 9.59 Å². The summed E-state index contributed by atoms with van der Waals surface area (Å²) >= 11 is 2.52. The van der Waals surface area contributed by atoms with Crippen LogP contribution >= 0.6 is 23.1 Å². The van der Waals surface area contributed by atoms with Crippen molar-refractivity contribution in [1.29, 1.82) is 0 Å². The Morgan fingerprint density at radius 2 is 2.18 bits per heavy atom. The van der Waals surface area contributed by atoms with Gasteiger partial charge in [0, 0.05) is 0 Å². The quantitative estimate of drug-likeness (QED) is 0.441. The normalized spacial score (nSPS) is 12.1. The second-order valence-corrected chi connectivity index (χ2v) is 7.95. The third-order valence-corrected chi connectivity index (χ3v) is 5.86. The lowest BCUT2D eigenvalue weighted by molar-refractivity contribution is -0.137. The molecule has 0 spiro atoms. The molecule has 9 nitrogen and oxygen atoms in total. The summed E-state index contributed by atoms with van der Waals surface area (Å²) in [5.74, 6) is -0.524. The van der Waals surface area contributed by atoms with Crippen LogP contribution in [0.5, 0.6) is 0 Å². The number of hydrogen-bond acceptors (Lipinski definition) is 9. The molecule has 0 aliphatic heterocycles. The van der Waals surface area contributed by atoms with Crippen LogP contribution < -0.4 is 11.1 Å². The van der Waals surface area contributed by atoms with E-state index >= 15 is 0 Å². The van der Waals surface area contributed by atoms with Gasteiger partial charge < -0.3 is 15.8 Å². The highest BCUT2D eigenvalue weighted by molar-refractivity contribution is 7.99. The number of carbonyl (C=O) groups excluding carboxylic acids is 2. The van der Waals surface area contributed by atoms with Gasteiger partial charge in [-0.1, -0.05) is 36.1 Å². The predicted octanol–water partition coefficient (Wildman–Crippen LogP) is 2.63. The molecule has 3 N–H and O–H groups in total. The van der Waals surface area contributed by atoms with Crippen LogP contribution in [0.15, 0.2) is 23.4 Å². The number of anilines is 2. The SMILES string of the molecule is CCC(C(=O)Nc1nc2ccc(C)cc2s1)n1c(N)nnc1SCC(=O)OC. The number of nitrogen functional groups attached to an aromatic ring is 1. The largest absolute Gasteiger partial charge is 0.468 e. The van der Waals surface area contributed by atoms with Gasteiger partial charge in [0.25, 0.3) is 0 Å². The molecule has 1 unspecified atom stereocenters. The van der Waals surface area contributed by atoms with E-state index in [1.54, 1.807) is 0 Å².